The molecule has 1 rings (SSSR count). The van der Waals surface area contributed by atoms with Gasteiger partial charge in [0.05, 0.1) is 19.0 Å². The summed E-state index contributed by atoms with van der Waals surface area (Å²) in [6.45, 7) is 0. The fraction of sp³-hybridized carbons (Fsp3) is 0.500. The Morgan fingerprint density at radius 2 is 1.88 bits per heavy atom. The van der Waals surface area contributed by atoms with Gasteiger partial charge in [-0.15, -0.1) is 0 Å². The zero-order valence-corrected chi connectivity index (χ0v) is 10.9. The van der Waals surface area contributed by atoms with Gasteiger partial charge in [-0.1, -0.05) is 12.1 Å². The highest BCUT2D eigenvalue weighted by Crippen LogP contribution is 2.13. The highest BCUT2D eigenvalue weighted by Gasteiger charge is 2.12. The summed E-state index contributed by atoms with van der Waals surface area (Å²) in [5, 5.41) is 9.54. The molecule has 0 aliphatic carbocycles. The van der Waals surface area contributed by atoms with Crippen LogP contribution in [0.5, 0.6) is 5.75 Å². The van der Waals surface area contributed by atoms with Crippen LogP contribution in [0.2, 0.25) is 0 Å². The Morgan fingerprint density at radius 3 is 2.35 bits per heavy atom. The van der Waals surface area contributed by atoms with Crippen molar-refractivity contribution >= 4 is 9.84 Å². The second kappa shape index (κ2) is 6.02. The molecule has 1 aromatic rings. The van der Waals surface area contributed by atoms with Crippen LogP contribution in [-0.4, -0.2) is 38.7 Å². The van der Waals surface area contributed by atoms with Gasteiger partial charge in [0.1, 0.15) is 15.6 Å². The van der Waals surface area contributed by atoms with Crippen LogP contribution in [0.3, 0.4) is 0 Å². The number of aliphatic hydroxyl groups excluding tert-OH is 1. The molecule has 1 N–H and O–H groups in total. The monoisotopic (exact) mass is 258 g/mol. The summed E-state index contributed by atoms with van der Waals surface area (Å²) in [7, 11) is -1.51. The molecule has 0 heterocycles. The van der Waals surface area contributed by atoms with Crippen molar-refractivity contribution < 1.29 is 18.3 Å². The second-order valence-electron chi connectivity index (χ2n) is 4.13. The van der Waals surface area contributed by atoms with E-state index in [0.29, 0.717) is 12.8 Å². The predicted octanol–water partition coefficient (Wildman–Crippen LogP) is 1.03. The highest BCUT2D eigenvalue weighted by molar-refractivity contribution is 7.90. The fourth-order valence-corrected chi connectivity index (χ4v) is 2.42. The quantitative estimate of drug-likeness (QED) is 0.828. The lowest BCUT2D eigenvalue weighted by atomic mass is 10.1. The lowest BCUT2D eigenvalue weighted by molar-refractivity contribution is 0.187. The van der Waals surface area contributed by atoms with Gasteiger partial charge in [-0.2, -0.15) is 0 Å². The molecule has 0 saturated carbocycles. The summed E-state index contributed by atoms with van der Waals surface area (Å²) in [6.07, 6.45) is 1.43. The zero-order valence-electron chi connectivity index (χ0n) is 10.1. The van der Waals surface area contributed by atoms with Gasteiger partial charge in [0.2, 0.25) is 0 Å². The SMILES string of the molecule is COc1ccc(CCC(O)CS(C)(=O)=O)cc1. The third kappa shape index (κ3) is 5.70. The number of aliphatic hydroxyl groups is 1. The van der Waals surface area contributed by atoms with Crippen molar-refractivity contribution in [3.8, 4) is 5.75 Å². The molecule has 17 heavy (non-hydrogen) atoms. The third-order valence-corrected chi connectivity index (χ3v) is 3.41. The average molecular weight is 258 g/mol. The number of aryl methyl sites for hydroxylation is 1. The third-order valence-electron chi connectivity index (χ3n) is 2.42. The maximum atomic E-state index is 11.0. The largest absolute Gasteiger partial charge is 0.497 e. The first-order valence-electron chi connectivity index (χ1n) is 5.39. The predicted molar refractivity (Wildman–Crippen MR) is 67.0 cm³/mol. The molecule has 96 valence electrons. The Kier molecular flexibility index (Phi) is 4.96. The van der Waals surface area contributed by atoms with E-state index in [2.05, 4.69) is 0 Å². The molecule has 1 unspecified atom stereocenters. The molecule has 1 atom stereocenters. The van der Waals surface area contributed by atoms with Crippen LogP contribution < -0.4 is 4.74 Å². The number of sulfone groups is 1. The summed E-state index contributed by atoms with van der Waals surface area (Å²) >= 11 is 0. The van der Waals surface area contributed by atoms with Gasteiger partial charge in [-0.3, -0.25) is 0 Å². The number of methoxy groups -OCH3 is 1. The Hall–Kier alpha value is -1.07. The van der Waals surface area contributed by atoms with Crippen molar-refractivity contribution in [1.29, 1.82) is 0 Å². The smallest absolute Gasteiger partial charge is 0.149 e. The first-order valence-corrected chi connectivity index (χ1v) is 7.45. The van der Waals surface area contributed by atoms with Gasteiger partial charge in [-0.25, -0.2) is 8.42 Å². The Morgan fingerprint density at radius 1 is 1.29 bits per heavy atom. The van der Waals surface area contributed by atoms with Crippen LogP contribution in [0.15, 0.2) is 24.3 Å². The molecule has 0 saturated heterocycles. The molecule has 0 aliphatic heterocycles. The molecular formula is C12H18O4S. The lowest BCUT2D eigenvalue weighted by Crippen LogP contribution is -2.20. The highest BCUT2D eigenvalue weighted by atomic mass is 32.2. The first-order chi connectivity index (χ1) is 7.90. The minimum absolute atomic E-state index is 0.177. The van der Waals surface area contributed by atoms with E-state index in [1.807, 2.05) is 24.3 Å². The van der Waals surface area contributed by atoms with E-state index in [1.165, 1.54) is 0 Å². The number of hydrogen-bond acceptors (Lipinski definition) is 4. The van der Waals surface area contributed by atoms with Crippen molar-refractivity contribution in [2.45, 2.75) is 18.9 Å². The van der Waals surface area contributed by atoms with Crippen LogP contribution >= 0.6 is 0 Å². The molecule has 4 nitrogen and oxygen atoms in total. The summed E-state index contributed by atoms with van der Waals surface area (Å²) in [4.78, 5) is 0. The second-order valence-corrected chi connectivity index (χ2v) is 6.32. The Bertz CT molecular complexity index is 436. The average Bonchev–Trinajstić information content (AvgIpc) is 2.25. The van der Waals surface area contributed by atoms with Gasteiger partial charge in [0, 0.05) is 6.26 Å². The van der Waals surface area contributed by atoms with E-state index in [9.17, 15) is 13.5 Å². The van der Waals surface area contributed by atoms with Crippen molar-refractivity contribution in [3.63, 3.8) is 0 Å². The molecule has 0 amide bonds. The normalized spacial score (nSPS) is 13.4. The zero-order chi connectivity index (χ0) is 12.9. The van der Waals surface area contributed by atoms with Gasteiger partial charge in [0.25, 0.3) is 0 Å². The minimum Gasteiger partial charge on any atom is -0.497 e. The van der Waals surface area contributed by atoms with Crippen molar-refractivity contribution in [2.24, 2.45) is 0 Å². The molecular weight excluding hydrogens is 240 g/mol. The summed E-state index contributed by atoms with van der Waals surface area (Å²) < 4.78 is 27.0. The molecule has 5 heteroatoms. The van der Waals surface area contributed by atoms with Crippen molar-refractivity contribution in [1.82, 2.24) is 0 Å². The molecule has 1 aromatic carbocycles. The molecule has 0 aliphatic rings. The summed E-state index contributed by atoms with van der Waals surface area (Å²) in [5.74, 6) is 0.605. The maximum Gasteiger partial charge on any atom is 0.149 e. The Labute approximate surface area is 102 Å². The lowest BCUT2D eigenvalue weighted by Gasteiger charge is -2.09. The van der Waals surface area contributed by atoms with E-state index in [1.54, 1.807) is 7.11 Å². The topological polar surface area (TPSA) is 63.6 Å². The minimum atomic E-state index is -3.11. The van der Waals surface area contributed by atoms with E-state index in [4.69, 9.17) is 4.74 Å². The molecule has 0 radical (unpaired) electrons. The van der Waals surface area contributed by atoms with Crippen LogP contribution in [0.4, 0.5) is 0 Å². The van der Waals surface area contributed by atoms with Gasteiger partial charge in [-0.05, 0) is 30.5 Å². The number of benzene rings is 1. The van der Waals surface area contributed by atoms with E-state index < -0.39 is 15.9 Å². The number of hydrogen-bond donors (Lipinski definition) is 1. The summed E-state index contributed by atoms with van der Waals surface area (Å²) in [6, 6.07) is 7.51. The van der Waals surface area contributed by atoms with E-state index >= 15 is 0 Å². The van der Waals surface area contributed by atoms with E-state index in [-0.39, 0.29) is 5.75 Å². The molecule has 0 fully saturated rings. The van der Waals surface area contributed by atoms with E-state index in [0.717, 1.165) is 17.6 Å². The molecule has 0 bridgehead atoms. The van der Waals surface area contributed by atoms with Crippen LogP contribution in [0.25, 0.3) is 0 Å². The first kappa shape index (κ1) is 14.0. The summed E-state index contributed by atoms with van der Waals surface area (Å²) in [5.41, 5.74) is 1.05. The van der Waals surface area contributed by atoms with Crippen LogP contribution in [0.1, 0.15) is 12.0 Å². The molecule has 0 spiro atoms. The van der Waals surface area contributed by atoms with Crippen molar-refractivity contribution in [2.75, 3.05) is 19.1 Å². The van der Waals surface area contributed by atoms with Crippen molar-refractivity contribution in [3.05, 3.63) is 29.8 Å². The Balaban J connectivity index is 2.44. The van der Waals surface area contributed by atoms with Gasteiger partial charge < -0.3 is 9.84 Å². The number of rotatable bonds is 6. The van der Waals surface area contributed by atoms with Gasteiger partial charge in [0.15, 0.2) is 0 Å². The molecule has 0 aromatic heterocycles. The van der Waals surface area contributed by atoms with Crippen LogP contribution in [0, 0.1) is 0 Å². The van der Waals surface area contributed by atoms with Crippen LogP contribution in [-0.2, 0) is 16.3 Å². The maximum absolute atomic E-state index is 11.0. The van der Waals surface area contributed by atoms with Gasteiger partial charge >= 0.3 is 0 Å². The fourth-order valence-electron chi connectivity index (χ4n) is 1.56. The standard InChI is InChI=1S/C12H18O4S/c1-16-12-7-4-10(5-8-12)3-6-11(13)9-17(2,14)15/h4-5,7-8,11,13H,3,6,9H2,1-2H3. The number of ether oxygens (including phenoxy) is 1.